The van der Waals surface area contributed by atoms with Crippen LogP contribution in [0, 0.1) is 11.3 Å². The van der Waals surface area contributed by atoms with Gasteiger partial charge in [0, 0.05) is 0 Å². The predicted octanol–water partition coefficient (Wildman–Crippen LogP) is 19.5. The van der Waals surface area contributed by atoms with Crippen LogP contribution in [0.5, 0.6) is 0 Å². The van der Waals surface area contributed by atoms with E-state index in [2.05, 4.69) is 19.1 Å². The zero-order valence-corrected chi connectivity index (χ0v) is 46.4. The number of rotatable bonds is 54. The van der Waals surface area contributed by atoms with E-state index in [1.807, 2.05) is 0 Å². The molecule has 0 bridgehead atoms. The van der Waals surface area contributed by atoms with Gasteiger partial charge in [0.15, 0.2) is 0 Å². The van der Waals surface area contributed by atoms with E-state index in [1.54, 1.807) is 0 Å². The van der Waals surface area contributed by atoms with Gasteiger partial charge in [-0.2, -0.15) is 0 Å². The van der Waals surface area contributed by atoms with Gasteiger partial charge in [-0.25, -0.2) is 0 Å². The Morgan fingerprint density at radius 2 is 0.623 bits per heavy atom. The number of unbranched alkanes of at least 4 members (excludes halogenated alkanes) is 48. The van der Waals surface area contributed by atoms with E-state index in [4.69, 9.17) is 9.47 Å². The van der Waals surface area contributed by atoms with Crippen molar-refractivity contribution in [2.75, 3.05) is 26.4 Å². The number of ether oxygens (including phenoxy) is 2. The summed E-state index contributed by atoms with van der Waals surface area (Å²) in [6.45, 7) is 1.21. The summed E-state index contributed by atoms with van der Waals surface area (Å²) in [6.07, 6.45) is 75.7. The predicted molar refractivity (Wildman–Crippen MR) is 297 cm³/mol. The summed E-state index contributed by atoms with van der Waals surface area (Å²) in [5, 5.41) is 19.2. The van der Waals surface area contributed by atoms with Crippen molar-refractivity contribution in [2.45, 2.75) is 341 Å². The summed E-state index contributed by atoms with van der Waals surface area (Å²) in [5.41, 5.74) is -1.12. The van der Waals surface area contributed by atoms with E-state index in [0.29, 0.717) is 6.42 Å². The van der Waals surface area contributed by atoms with Crippen molar-refractivity contribution in [3.05, 3.63) is 12.2 Å². The number of hydrogen-bond acceptors (Lipinski definition) is 6. The van der Waals surface area contributed by atoms with Crippen LogP contribution in [0.1, 0.15) is 341 Å². The fourth-order valence-corrected chi connectivity index (χ4v) is 10.4. The molecule has 2 N–H and O–H groups in total. The van der Waals surface area contributed by atoms with Crippen molar-refractivity contribution < 1.29 is 29.3 Å². The molecule has 69 heavy (non-hydrogen) atoms. The van der Waals surface area contributed by atoms with Crippen molar-refractivity contribution in [3.8, 4) is 0 Å². The summed E-state index contributed by atoms with van der Waals surface area (Å²) < 4.78 is 10.6. The normalized spacial score (nSPS) is 15.4. The van der Waals surface area contributed by atoms with Crippen molar-refractivity contribution in [2.24, 2.45) is 11.3 Å². The van der Waals surface area contributed by atoms with Crippen LogP contribution >= 0.6 is 0 Å². The average molecular weight is 974 g/mol. The van der Waals surface area contributed by atoms with E-state index in [9.17, 15) is 19.8 Å². The van der Waals surface area contributed by atoms with E-state index >= 15 is 0 Å². The SMILES string of the molecule is CCCCCCCCCCCCCC/C=C/CCCCCCCCCCCCCCCCCCCCCCCCCCCCCCCCCCCCCCC1CC(=O)OCC(CO)(CO)COC1=O. The maximum Gasteiger partial charge on any atom is 0.309 e. The zero-order valence-electron chi connectivity index (χ0n) is 46.4. The number of cyclic esters (lactones) is 2. The molecule has 0 aromatic rings. The van der Waals surface area contributed by atoms with Crippen LogP contribution in [0.25, 0.3) is 0 Å². The maximum absolute atomic E-state index is 12.5. The zero-order chi connectivity index (χ0) is 49.7. The molecule has 1 aliphatic heterocycles. The molecule has 1 atom stereocenters. The van der Waals surface area contributed by atoms with Crippen LogP contribution < -0.4 is 0 Å². The Labute approximate surface area is 430 Å². The molecule has 6 heteroatoms. The van der Waals surface area contributed by atoms with Crippen LogP contribution in [0.15, 0.2) is 12.2 Å². The molecule has 0 radical (unpaired) electrons. The quantitative estimate of drug-likeness (QED) is 0.0358. The smallest absolute Gasteiger partial charge is 0.309 e. The molecule has 1 fully saturated rings. The number of allylic oxidation sites excluding steroid dienone is 2. The van der Waals surface area contributed by atoms with Gasteiger partial charge in [-0.15, -0.1) is 0 Å². The first-order valence-corrected chi connectivity index (χ1v) is 31.3. The molecule has 408 valence electrons. The minimum absolute atomic E-state index is 0.00498. The Kier molecular flexibility index (Phi) is 50.3. The van der Waals surface area contributed by atoms with Gasteiger partial charge in [0.25, 0.3) is 0 Å². The highest BCUT2D eigenvalue weighted by molar-refractivity contribution is 5.80. The molecule has 0 amide bonds. The fourth-order valence-electron chi connectivity index (χ4n) is 10.4. The van der Waals surface area contributed by atoms with Gasteiger partial charge in [-0.3, -0.25) is 9.59 Å². The van der Waals surface area contributed by atoms with E-state index < -0.39 is 36.5 Å². The van der Waals surface area contributed by atoms with Gasteiger partial charge >= 0.3 is 11.9 Å². The number of hydrogen-bond donors (Lipinski definition) is 2. The number of aliphatic hydroxyl groups excluding tert-OH is 2. The fraction of sp³-hybridized carbons (Fsp3) is 0.937. The molecule has 6 nitrogen and oxygen atoms in total. The number of carbonyl (C=O) groups excluding carboxylic acids is 2. The Morgan fingerprint density at radius 1 is 0.377 bits per heavy atom. The summed E-state index contributed by atoms with van der Waals surface area (Å²) in [4.78, 5) is 24.7. The molecule has 1 saturated heterocycles. The number of aliphatic hydroxyl groups is 2. The first-order valence-electron chi connectivity index (χ1n) is 31.3. The molecule has 0 spiro atoms. The second-order valence-corrected chi connectivity index (χ2v) is 22.4. The summed E-state index contributed by atoms with van der Waals surface area (Å²) in [5.74, 6) is -1.40. The monoisotopic (exact) mass is 973 g/mol. The third-order valence-electron chi connectivity index (χ3n) is 15.5. The molecule has 0 saturated carbocycles. The minimum atomic E-state index is -1.12. The van der Waals surface area contributed by atoms with Gasteiger partial charge < -0.3 is 19.7 Å². The topological polar surface area (TPSA) is 93.1 Å². The maximum atomic E-state index is 12.5. The first kappa shape index (κ1) is 65.6. The lowest BCUT2D eigenvalue weighted by Gasteiger charge is -2.27. The summed E-state index contributed by atoms with van der Waals surface area (Å²) in [6, 6.07) is 0. The lowest BCUT2D eigenvalue weighted by atomic mass is 9.92. The van der Waals surface area contributed by atoms with Gasteiger partial charge in [0.2, 0.25) is 0 Å². The van der Waals surface area contributed by atoms with Crippen LogP contribution in [-0.4, -0.2) is 48.6 Å². The van der Waals surface area contributed by atoms with Crippen molar-refractivity contribution >= 4 is 11.9 Å². The molecule has 1 heterocycles. The van der Waals surface area contributed by atoms with Crippen LogP contribution in [0.4, 0.5) is 0 Å². The Morgan fingerprint density at radius 3 is 0.899 bits per heavy atom. The highest BCUT2D eigenvalue weighted by Gasteiger charge is 2.36. The molecule has 1 unspecified atom stereocenters. The number of carbonyl (C=O) groups is 2. The second-order valence-electron chi connectivity index (χ2n) is 22.4. The lowest BCUT2D eigenvalue weighted by Crippen LogP contribution is -2.40. The molecular formula is C63H120O6. The Hall–Kier alpha value is -1.40. The van der Waals surface area contributed by atoms with Gasteiger partial charge in [0.1, 0.15) is 13.2 Å². The molecule has 1 aliphatic rings. The van der Waals surface area contributed by atoms with Crippen LogP contribution in [-0.2, 0) is 19.1 Å². The van der Waals surface area contributed by atoms with Gasteiger partial charge in [0.05, 0.1) is 31.0 Å². The van der Waals surface area contributed by atoms with Crippen LogP contribution in [0.3, 0.4) is 0 Å². The highest BCUT2D eigenvalue weighted by atomic mass is 16.6. The molecule has 0 aromatic heterocycles. The highest BCUT2D eigenvalue weighted by Crippen LogP contribution is 2.25. The molecule has 0 aliphatic carbocycles. The minimum Gasteiger partial charge on any atom is -0.465 e. The summed E-state index contributed by atoms with van der Waals surface area (Å²) >= 11 is 0. The lowest BCUT2D eigenvalue weighted by molar-refractivity contribution is -0.155. The molecule has 0 aromatic carbocycles. The van der Waals surface area contributed by atoms with Crippen molar-refractivity contribution in [1.29, 1.82) is 0 Å². The van der Waals surface area contributed by atoms with Gasteiger partial charge in [-0.1, -0.05) is 314 Å². The van der Waals surface area contributed by atoms with E-state index in [-0.39, 0.29) is 19.6 Å². The van der Waals surface area contributed by atoms with Crippen molar-refractivity contribution in [3.63, 3.8) is 0 Å². The third kappa shape index (κ3) is 45.0. The molecular weight excluding hydrogens is 853 g/mol. The van der Waals surface area contributed by atoms with Gasteiger partial charge in [-0.05, 0) is 32.1 Å². The second kappa shape index (κ2) is 52.9. The Bertz CT molecular complexity index is 1090. The van der Waals surface area contributed by atoms with E-state index in [0.717, 1.165) is 19.3 Å². The molecule has 1 rings (SSSR count). The summed E-state index contributed by atoms with van der Waals surface area (Å²) in [7, 11) is 0. The largest absolute Gasteiger partial charge is 0.465 e. The average Bonchev–Trinajstić information content (AvgIpc) is 3.41. The standard InChI is InChI=1S/C63H120O6/c1-2-3-4-5-6-7-8-9-10-11-12-13-14-15-16-17-18-19-20-21-22-23-24-25-26-27-28-29-30-31-32-33-34-35-36-37-38-39-40-41-42-43-44-45-46-47-48-49-50-51-52-53-54-60-55-61(66)68-58-63(56-64,57-65)59-69-62(60)67/h15-16,60,64-65H,2-14,17-59H2,1H3/b16-15+. The third-order valence-corrected chi connectivity index (χ3v) is 15.5. The van der Waals surface area contributed by atoms with Crippen molar-refractivity contribution in [1.82, 2.24) is 0 Å². The number of esters is 2. The first-order chi connectivity index (χ1) is 34.1. The Balaban J connectivity index is 1.68. The van der Waals surface area contributed by atoms with Crippen LogP contribution in [0.2, 0.25) is 0 Å². The van der Waals surface area contributed by atoms with E-state index in [1.165, 1.54) is 302 Å².